The first-order chi connectivity index (χ1) is 8.93. The predicted octanol–water partition coefficient (Wildman–Crippen LogP) is 3.43. The Morgan fingerprint density at radius 2 is 1.85 bits per heavy atom. The molecule has 0 fully saturated rings. The number of carbonyl (C=O) groups is 1. The van der Waals surface area contributed by atoms with Crippen molar-refractivity contribution >= 4 is 37.2 Å². The van der Waals surface area contributed by atoms with Gasteiger partial charge in [0.25, 0.3) is 15.0 Å². The van der Waals surface area contributed by atoms with Crippen LogP contribution in [0.2, 0.25) is 5.02 Å². The average molecular weight is 338 g/mol. The van der Waals surface area contributed by atoms with Crippen molar-refractivity contribution in [2.45, 2.75) is 38.6 Å². The minimum absolute atomic E-state index is 0.0135. The Balaban J connectivity index is 3.08. The molecule has 1 rings (SSSR count). The first-order valence-corrected chi connectivity index (χ1v) is 8.66. The van der Waals surface area contributed by atoms with E-state index in [0.29, 0.717) is 0 Å². The van der Waals surface area contributed by atoms with Gasteiger partial charge in [-0.15, -0.1) is 0 Å². The van der Waals surface area contributed by atoms with Gasteiger partial charge in [0.2, 0.25) is 0 Å². The van der Waals surface area contributed by atoms with Crippen molar-refractivity contribution in [3.8, 4) is 0 Å². The Bertz CT molecular complexity index is 621. The third-order valence-corrected chi connectivity index (χ3v) is 4.91. The molecule has 1 aromatic carbocycles. The van der Waals surface area contributed by atoms with Crippen LogP contribution >= 0.6 is 22.3 Å². The first-order valence-electron chi connectivity index (χ1n) is 5.98. The summed E-state index contributed by atoms with van der Waals surface area (Å²) in [7, 11) is 1.29. The van der Waals surface area contributed by atoms with E-state index in [1.807, 2.05) is 27.7 Å². The minimum Gasteiger partial charge on any atom is -0.349 e. The van der Waals surface area contributed by atoms with Crippen LogP contribution in [0.1, 0.15) is 38.1 Å². The van der Waals surface area contributed by atoms with Gasteiger partial charge >= 0.3 is 0 Å². The third-order valence-electron chi connectivity index (χ3n) is 3.10. The van der Waals surface area contributed by atoms with Crippen LogP contribution in [0.4, 0.5) is 0 Å². The SMILES string of the molecule is CC(NC(=O)c1ccc(Cl)c(S(=O)(=O)Cl)c1)C(C)(C)C. The molecule has 4 nitrogen and oxygen atoms in total. The zero-order valence-electron chi connectivity index (χ0n) is 11.7. The highest BCUT2D eigenvalue weighted by atomic mass is 35.7. The van der Waals surface area contributed by atoms with Crippen molar-refractivity contribution in [3.63, 3.8) is 0 Å². The molecule has 1 unspecified atom stereocenters. The summed E-state index contributed by atoms with van der Waals surface area (Å²) in [6, 6.07) is 3.89. The molecule has 0 radical (unpaired) electrons. The van der Waals surface area contributed by atoms with Crippen molar-refractivity contribution in [2.24, 2.45) is 5.41 Å². The van der Waals surface area contributed by atoms with Crippen molar-refractivity contribution in [3.05, 3.63) is 28.8 Å². The maximum atomic E-state index is 12.1. The van der Waals surface area contributed by atoms with Crippen LogP contribution in [0.3, 0.4) is 0 Å². The van der Waals surface area contributed by atoms with E-state index >= 15 is 0 Å². The molecule has 0 aromatic heterocycles. The van der Waals surface area contributed by atoms with E-state index in [1.165, 1.54) is 18.2 Å². The number of nitrogens with one attached hydrogen (secondary N) is 1. The molecular weight excluding hydrogens is 321 g/mol. The normalized spacial score (nSPS) is 13.9. The zero-order valence-corrected chi connectivity index (χ0v) is 14.0. The molecule has 0 aliphatic carbocycles. The third kappa shape index (κ3) is 4.36. The minimum atomic E-state index is -3.99. The van der Waals surface area contributed by atoms with Gasteiger partial charge < -0.3 is 5.32 Å². The van der Waals surface area contributed by atoms with Crippen molar-refractivity contribution in [1.82, 2.24) is 5.32 Å². The fraction of sp³-hybridized carbons (Fsp3) is 0.462. The topological polar surface area (TPSA) is 63.2 Å². The number of halogens is 2. The molecule has 20 heavy (non-hydrogen) atoms. The fourth-order valence-electron chi connectivity index (χ4n) is 1.33. The van der Waals surface area contributed by atoms with E-state index in [0.717, 1.165) is 0 Å². The second kappa shape index (κ2) is 5.92. The van der Waals surface area contributed by atoms with Gasteiger partial charge in [-0.2, -0.15) is 0 Å². The van der Waals surface area contributed by atoms with Crippen LogP contribution < -0.4 is 5.32 Å². The molecule has 0 aliphatic rings. The van der Waals surface area contributed by atoms with E-state index in [-0.39, 0.29) is 32.8 Å². The summed E-state index contributed by atoms with van der Waals surface area (Å²) in [5, 5.41) is 2.80. The van der Waals surface area contributed by atoms with Crippen LogP contribution in [-0.4, -0.2) is 20.4 Å². The molecule has 1 atom stereocenters. The standard InChI is InChI=1S/C13H17Cl2NO3S/c1-8(13(2,3)4)16-12(17)9-5-6-10(14)11(7-9)20(15,18)19/h5-8H,1-4H3,(H,16,17). The number of rotatable bonds is 3. The van der Waals surface area contributed by atoms with Gasteiger partial charge in [-0.25, -0.2) is 8.42 Å². The molecule has 0 saturated heterocycles. The number of carbonyl (C=O) groups excluding carboxylic acids is 1. The highest BCUT2D eigenvalue weighted by molar-refractivity contribution is 8.13. The monoisotopic (exact) mass is 337 g/mol. The lowest BCUT2D eigenvalue weighted by molar-refractivity contribution is 0.0910. The Morgan fingerprint density at radius 3 is 2.30 bits per heavy atom. The molecule has 0 saturated carbocycles. The van der Waals surface area contributed by atoms with Gasteiger partial charge in [0.15, 0.2) is 0 Å². The summed E-state index contributed by atoms with van der Waals surface area (Å²) in [4.78, 5) is 11.8. The van der Waals surface area contributed by atoms with Gasteiger partial charge in [0.05, 0.1) is 5.02 Å². The van der Waals surface area contributed by atoms with Crippen molar-refractivity contribution < 1.29 is 13.2 Å². The molecule has 1 aromatic rings. The fourth-order valence-corrected chi connectivity index (χ4v) is 2.82. The second-order valence-corrected chi connectivity index (χ2v) is 8.59. The maximum Gasteiger partial charge on any atom is 0.262 e. The van der Waals surface area contributed by atoms with Crippen LogP contribution in [-0.2, 0) is 9.05 Å². The van der Waals surface area contributed by atoms with Crippen LogP contribution in [0, 0.1) is 5.41 Å². The van der Waals surface area contributed by atoms with Gasteiger partial charge in [-0.3, -0.25) is 4.79 Å². The van der Waals surface area contributed by atoms with Crippen molar-refractivity contribution in [2.75, 3.05) is 0 Å². The number of amides is 1. The molecule has 7 heteroatoms. The largest absolute Gasteiger partial charge is 0.349 e. The number of hydrogen-bond donors (Lipinski definition) is 1. The van der Waals surface area contributed by atoms with Gasteiger partial charge in [0.1, 0.15) is 4.90 Å². The number of hydrogen-bond acceptors (Lipinski definition) is 3. The molecule has 0 bridgehead atoms. The highest BCUT2D eigenvalue weighted by Crippen LogP contribution is 2.26. The summed E-state index contributed by atoms with van der Waals surface area (Å²) in [6.45, 7) is 7.87. The summed E-state index contributed by atoms with van der Waals surface area (Å²) in [5.74, 6) is -0.370. The van der Waals surface area contributed by atoms with Gasteiger partial charge in [-0.05, 0) is 30.5 Å². The number of benzene rings is 1. The van der Waals surface area contributed by atoms with Gasteiger partial charge in [-0.1, -0.05) is 32.4 Å². The lowest BCUT2D eigenvalue weighted by Crippen LogP contribution is -2.41. The lowest BCUT2D eigenvalue weighted by atomic mass is 9.88. The molecule has 1 N–H and O–H groups in total. The molecule has 0 spiro atoms. The quantitative estimate of drug-likeness (QED) is 0.859. The predicted molar refractivity (Wildman–Crippen MR) is 80.9 cm³/mol. The molecule has 112 valence electrons. The molecular formula is C13H17Cl2NO3S. The van der Waals surface area contributed by atoms with E-state index < -0.39 is 9.05 Å². The van der Waals surface area contributed by atoms with E-state index in [4.69, 9.17) is 22.3 Å². The zero-order chi connectivity index (χ0) is 15.7. The first kappa shape index (κ1) is 17.3. The van der Waals surface area contributed by atoms with E-state index in [2.05, 4.69) is 5.32 Å². The average Bonchev–Trinajstić information content (AvgIpc) is 2.26. The summed E-state index contributed by atoms with van der Waals surface area (Å²) < 4.78 is 22.7. The second-order valence-electron chi connectivity index (χ2n) is 5.64. The molecule has 0 heterocycles. The molecule has 1 amide bonds. The van der Waals surface area contributed by atoms with E-state index in [9.17, 15) is 13.2 Å². The lowest BCUT2D eigenvalue weighted by Gasteiger charge is -2.28. The van der Waals surface area contributed by atoms with Crippen LogP contribution in [0.5, 0.6) is 0 Å². The highest BCUT2D eigenvalue weighted by Gasteiger charge is 2.23. The maximum absolute atomic E-state index is 12.1. The summed E-state index contributed by atoms with van der Waals surface area (Å²) >= 11 is 5.77. The molecule has 0 aliphatic heterocycles. The Labute approximate surface area is 128 Å². The summed E-state index contributed by atoms with van der Waals surface area (Å²) in [5.41, 5.74) is 0.0912. The smallest absolute Gasteiger partial charge is 0.262 e. The Morgan fingerprint density at radius 1 is 1.30 bits per heavy atom. The van der Waals surface area contributed by atoms with Crippen LogP contribution in [0.25, 0.3) is 0 Å². The Hall–Kier alpha value is -0.780. The van der Waals surface area contributed by atoms with Crippen molar-refractivity contribution in [1.29, 1.82) is 0 Å². The van der Waals surface area contributed by atoms with E-state index in [1.54, 1.807) is 0 Å². The summed E-state index contributed by atoms with van der Waals surface area (Å²) in [6.07, 6.45) is 0. The van der Waals surface area contributed by atoms with Gasteiger partial charge in [0, 0.05) is 22.3 Å². The van der Waals surface area contributed by atoms with Crippen LogP contribution in [0.15, 0.2) is 23.1 Å². The Kier molecular flexibility index (Phi) is 5.11.